The van der Waals surface area contributed by atoms with Crippen LogP contribution in [-0.4, -0.2) is 42.7 Å². The molecule has 3 aliphatic rings. The van der Waals surface area contributed by atoms with Gasteiger partial charge in [-0.1, -0.05) is 24.3 Å². The third-order valence-electron chi connectivity index (χ3n) is 7.49. The maximum atomic E-state index is 14.0. The SMILES string of the molecule is Cc1c(C2Cc3ccccc3N2CC2CC2)oc2cc(C(=O)N3C[C@H](N)C[C@@H](F)C3)ccc12. The van der Waals surface area contributed by atoms with E-state index in [1.54, 1.807) is 0 Å². The normalized spacial score (nSPS) is 25.0. The van der Waals surface area contributed by atoms with E-state index >= 15 is 0 Å². The minimum atomic E-state index is -1.07. The van der Waals surface area contributed by atoms with Crippen LogP contribution in [0.25, 0.3) is 11.0 Å². The molecular weight excluding hydrogens is 417 g/mol. The maximum Gasteiger partial charge on any atom is 0.254 e. The zero-order valence-electron chi connectivity index (χ0n) is 19.0. The van der Waals surface area contributed by atoms with Crippen LogP contribution in [0, 0.1) is 12.8 Å². The number of carbonyl (C=O) groups is 1. The molecule has 3 heterocycles. The Morgan fingerprint density at radius 2 is 2.00 bits per heavy atom. The molecule has 1 saturated carbocycles. The topological polar surface area (TPSA) is 62.7 Å². The lowest BCUT2D eigenvalue weighted by Crippen LogP contribution is -2.50. The zero-order chi connectivity index (χ0) is 22.7. The second-order valence-corrected chi connectivity index (χ2v) is 10.0. The van der Waals surface area contributed by atoms with Gasteiger partial charge < -0.3 is 20.0 Å². The Morgan fingerprint density at radius 3 is 2.79 bits per heavy atom. The fraction of sp³-hybridized carbons (Fsp3) is 0.444. The van der Waals surface area contributed by atoms with Crippen molar-refractivity contribution in [1.29, 1.82) is 0 Å². The molecule has 0 bridgehead atoms. The van der Waals surface area contributed by atoms with Crippen LogP contribution < -0.4 is 10.6 Å². The quantitative estimate of drug-likeness (QED) is 0.626. The molecule has 3 aromatic rings. The Balaban J connectivity index is 1.33. The molecule has 1 amide bonds. The van der Waals surface area contributed by atoms with Crippen molar-refractivity contribution in [2.24, 2.45) is 11.7 Å². The number of nitrogens with two attached hydrogens (primary N) is 1. The van der Waals surface area contributed by atoms with Gasteiger partial charge in [0.1, 0.15) is 17.5 Å². The summed E-state index contributed by atoms with van der Waals surface area (Å²) < 4.78 is 20.4. The summed E-state index contributed by atoms with van der Waals surface area (Å²) in [7, 11) is 0. The van der Waals surface area contributed by atoms with Gasteiger partial charge in [0.25, 0.3) is 5.91 Å². The molecule has 2 N–H and O–H groups in total. The summed E-state index contributed by atoms with van der Waals surface area (Å²) in [5.41, 5.74) is 11.0. The number of fused-ring (bicyclic) bond motifs is 2. The molecule has 0 radical (unpaired) electrons. The summed E-state index contributed by atoms with van der Waals surface area (Å²) in [5.74, 6) is 1.56. The van der Waals surface area contributed by atoms with Crippen LogP contribution in [0.1, 0.15) is 52.5 Å². The largest absolute Gasteiger partial charge is 0.459 e. The Labute approximate surface area is 193 Å². The van der Waals surface area contributed by atoms with Crippen molar-refractivity contribution in [3.05, 3.63) is 64.9 Å². The highest BCUT2D eigenvalue weighted by molar-refractivity contribution is 5.98. The van der Waals surface area contributed by atoms with E-state index in [4.69, 9.17) is 10.2 Å². The van der Waals surface area contributed by atoms with Gasteiger partial charge in [0.05, 0.1) is 12.6 Å². The second-order valence-electron chi connectivity index (χ2n) is 10.0. The van der Waals surface area contributed by atoms with Crippen molar-refractivity contribution >= 4 is 22.6 Å². The number of likely N-dealkylation sites (tertiary alicyclic amines) is 1. The first-order chi connectivity index (χ1) is 16.0. The number of hydrogen-bond donors (Lipinski definition) is 1. The smallest absolute Gasteiger partial charge is 0.254 e. The first-order valence-electron chi connectivity index (χ1n) is 12.0. The van der Waals surface area contributed by atoms with Gasteiger partial charge in [-0.2, -0.15) is 0 Å². The van der Waals surface area contributed by atoms with E-state index in [-0.39, 0.29) is 24.5 Å². The van der Waals surface area contributed by atoms with Gasteiger partial charge in [-0.05, 0) is 55.9 Å². The fourth-order valence-corrected chi connectivity index (χ4v) is 5.61. The molecule has 2 aromatic carbocycles. The fourth-order valence-electron chi connectivity index (χ4n) is 5.61. The van der Waals surface area contributed by atoms with Crippen LogP contribution in [0.5, 0.6) is 0 Å². The molecule has 33 heavy (non-hydrogen) atoms. The van der Waals surface area contributed by atoms with Crippen molar-refractivity contribution < 1.29 is 13.6 Å². The molecule has 2 aliphatic heterocycles. The highest BCUT2D eigenvalue weighted by atomic mass is 19.1. The molecule has 1 saturated heterocycles. The van der Waals surface area contributed by atoms with Crippen molar-refractivity contribution in [1.82, 2.24) is 4.90 Å². The molecule has 5 nitrogen and oxygen atoms in total. The number of amides is 1. The van der Waals surface area contributed by atoms with Gasteiger partial charge in [-0.25, -0.2) is 4.39 Å². The number of para-hydroxylation sites is 1. The van der Waals surface area contributed by atoms with E-state index in [9.17, 15) is 9.18 Å². The van der Waals surface area contributed by atoms with E-state index in [1.807, 2.05) is 18.2 Å². The lowest BCUT2D eigenvalue weighted by atomic mass is 10.0. The highest BCUT2D eigenvalue weighted by Gasteiger charge is 2.37. The number of carbonyl (C=O) groups excluding carboxylic acids is 1. The number of hydrogen-bond acceptors (Lipinski definition) is 4. The number of anilines is 1. The Bertz CT molecular complexity index is 1210. The molecular formula is C27H30FN3O2. The highest BCUT2D eigenvalue weighted by Crippen LogP contribution is 2.45. The standard InChI is InChI=1S/C27H30FN3O2/c1-16-22-9-8-19(27(32)30-14-20(28)12-21(29)15-30)11-25(22)33-26(16)24-10-18-4-2-3-5-23(18)31(24)13-17-6-7-17/h2-5,8-9,11,17,20-21,24H,6-7,10,12-15,29H2,1H3/t20-,21-,24?/m1/s1. The summed E-state index contributed by atoms with van der Waals surface area (Å²) >= 11 is 0. The summed E-state index contributed by atoms with van der Waals surface area (Å²) in [5, 5.41) is 1.03. The number of alkyl halides is 1. The van der Waals surface area contributed by atoms with Gasteiger partial charge in [0, 0.05) is 47.8 Å². The van der Waals surface area contributed by atoms with E-state index in [2.05, 4.69) is 36.1 Å². The molecule has 2 fully saturated rings. The van der Waals surface area contributed by atoms with Crippen LogP contribution in [0.3, 0.4) is 0 Å². The van der Waals surface area contributed by atoms with Gasteiger partial charge in [-0.15, -0.1) is 0 Å². The molecule has 1 unspecified atom stereocenters. The van der Waals surface area contributed by atoms with Crippen LogP contribution in [0.2, 0.25) is 0 Å². The van der Waals surface area contributed by atoms with Crippen LogP contribution in [0.15, 0.2) is 46.9 Å². The number of benzene rings is 2. The van der Waals surface area contributed by atoms with Gasteiger partial charge in [0.15, 0.2) is 0 Å². The van der Waals surface area contributed by atoms with E-state index in [1.165, 1.54) is 29.0 Å². The van der Waals surface area contributed by atoms with Crippen LogP contribution in [0.4, 0.5) is 10.1 Å². The van der Waals surface area contributed by atoms with Crippen LogP contribution >= 0.6 is 0 Å². The number of nitrogens with zero attached hydrogens (tertiary/aromatic N) is 2. The number of aryl methyl sites for hydroxylation is 1. The van der Waals surface area contributed by atoms with E-state index in [0.29, 0.717) is 24.1 Å². The third-order valence-corrected chi connectivity index (χ3v) is 7.49. The van der Waals surface area contributed by atoms with Gasteiger partial charge in [-0.3, -0.25) is 4.79 Å². The molecule has 6 rings (SSSR count). The monoisotopic (exact) mass is 447 g/mol. The first-order valence-corrected chi connectivity index (χ1v) is 12.0. The summed E-state index contributed by atoms with van der Waals surface area (Å²) in [6.45, 7) is 3.65. The lowest BCUT2D eigenvalue weighted by Gasteiger charge is -2.33. The van der Waals surface area contributed by atoms with Crippen LogP contribution in [-0.2, 0) is 6.42 Å². The molecule has 3 atom stereocenters. The number of piperidine rings is 1. The number of rotatable bonds is 4. The second kappa shape index (κ2) is 7.87. The van der Waals surface area contributed by atoms with Crippen molar-refractivity contribution in [2.45, 2.75) is 50.9 Å². The first kappa shape index (κ1) is 20.7. The number of furan rings is 1. The summed E-state index contributed by atoms with van der Waals surface area (Å²) in [6.07, 6.45) is 2.77. The van der Waals surface area contributed by atoms with Gasteiger partial charge in [0.2, 0.25) is 0 Å². The minimum Gasteiger partial charge on any atom is -0.459 e. The molecule has 6 heteroatoms. The van der Waals surface area contributed by atoms with E-state index in [0.717, 1.165) is 35.6 Å². The Hall–Kier alpha value is -2.86. The minimum absolute atomic E-state index is 0.101. The van der Waals surface area contributed by atoms with Crippen molar-refractivity contribution in [2.75, 3.05) is 24.5 Å². The van der Waals surface area contributed by atoms with Crippen molar-refractivity contribution in [3.63, 3.8) is 0 Å². The summed E-state index contributed by atoms with van der Waals surface area (Å²) in [4.78, 5) is 17.1. The van der Waals surface area contributed by atoms with Gasteiger partial charge >= 0.3 is 0 Å². The number of halogens is 1. The third kappa shape index (κ3) is 3.70. The van der Waals surface area contributed by atoms with E-state index < -0.39 is 6.17 Å². The molecule has 0 spiro atoms. The lowest BCUT2D eigenvalue weighted by molar-refractivity contribution is 0.0607. The predicted molar refractivity (Wildman–Crippen MR) is 127 cm³/mol. The average Bonchev–Trinajstić information content (AvgIpc) is 3.47. The predicted octanol–water partition coefficient (Wildman–Crippen LogP) is 4.77. The zero-order valence-corrected chi connectivity index (χ0v) is 19.0. The Morgan fingerprint density at radius 1 is 1.18 bits per heavy atom. The summed E-state index contributed by atoms with van der Waals surface area (Å²) in [6, 6.07) is 14.1. The molecule has 1 aliphatic carbocycles. The molecule has 1 aromatic heterocycles. The Kier molecular flexibility index (Phi) is 4.94. The maximum absolute atomic E-state index is 14.0. The average molecular weight is 448 g/mol. The van der Waals surface area contributed by atoms with Crippen molar-refractivity contribution in [3.8, 4) is 0 Å². The molecule has 172 valence electrons.